The summed E-state index contributed by atoms with van der Waals surface area (Å²) in [6.07, 6.45) is 9.72. The van der Waals surface area contributed by atoms with Gasteiger partial charge in [-0.05, 0) is 12.8 Å². The Morgan fingerprint density at radius 3 is 2.31 bits per heavy atom. The van der Waals surface area contributed by atoms with Crippen LogP contribution in [0.15, 0.2) is 0 Å². The molecule has 0 aromatic carbocycles. The molecular formula is C11H21N2+. The Morgan fingerprint density at radius 2 is 1.69 bits per heavy atom. The van der Waals surface area contributed by atoms with Crippen molar-refractivity contribution in [2.45, 2.75) is 51.0 Å². The van der Waals surface area contributed by atoms with Crippen LogP contribution in [0.3, 0.4) is 0 Å². The Kier molecular flexibility index (Phi) is 5.60. The highest BCUT2D eigenvalue weighted by atomic mass is 14.9. The first-order chi connectivity index (χ1) is 6.43. The third kappa shape index (κ3) is 4.90. The summed E-state index contributed by atoms with van der Waals surface area (Å²) in [6.45, 7) is 6.78. The highest BCUT2D eigenvalue weighted by molar-refractivity contribution is 4.73. The Hall–Kier alpha value is -0.550. The minimum atomic E-state index is 0.724. The Bertz CT molecular complexity index is 152. The average molecular weight is 181 g/mol. The molecule has 0 aromatic heterocycles. The number of hydrogen-bond acceptors (Lipinski definition) is 1. The zero-order chi connectivity index (χ0) is 9.36. The number of hydrogen-bond donors (Lipinski definition) is 1. The molecule has 0 atom stereocenters. The molecule has 0 radical (unpaired) electrons. The van der Waals surface area contributed by atoms with E-state index in [0.29, 0.717) is 0 Å². The molecule has 2 nitrogen and oxygen atoms in total. The van der Waals surface area contributed by atoms with Gasteiger partial charge in [0.1, 0.15) is 0 Å². The lowest BCUT2D eigenvalue weighted by molar-refractivity contribution is 0.396. The third-order valence-electron chi connectivity index (χ3n) is 2.78. The fraction of sp³-hybridized carbons (Fsp3) is 0.909. The SMILES string of the molecule is C#[N+]CCNC1CCCCCCC1. The molecule has 0 unspecified atom stereocenters. The standard InChI is InChI=1S/C11H21N2/c1-12-9-10-13-11-7-5-3-2-4-6-8-11/h1,11,13H,2-10H2/q+1. The maximum atomic E-state index is 5.08. The van der Waals surface area contributed by atoms with E-state index in [0.717, 1.165) is 19.1 Å². The summed E-state index contributed by atoms with van der Waals surface area (Å²) in [5.41, 5.74) is 0. The topological polar surface area (TPSA) is 16.4 Å². The zero-order valence-electron chi connectivity index (χ0n) is 8.47. The molecule has 74 valence electrons. The second-order valence-electron chi connectivity index (χ2n) is 3.90. The lowest BCUT2D eigenvalue weighted by Gasteiger charge is -2.19. The van der Waals surface area contributed by atoms with Gasteiger partial charge in [-0.3, -0.25) is 0 Å². The van der Waals surface area contributed by atoms with E-state index >= 15 is 0 Å². The quantitative estimate of drug-likeness (QED) is 0.662. The van der Waals surface area contributed by atoms with Crippen molar-refractivity contribution in [3.63, 3.8) is 0 Å². The first-order valence-corrected chi connectivity index (χ1v) is 5.53. The molecule has 13 heavy (non-hydrogen) atoms. The van der Waals surface area contributed by atoms with Crippen molar-refractivity contribution in [2.24, 2.45) is 0 Å². The summed E-state index contributed by atoms with van der Waals surface area (Å²) in [4.78, 5) is 3.60. The molecule has 0 bridgehead atoms. The van der Waals surface area contributed by atoms with Crippen LogP contribution in [0.2, 0.25) is 0 Å². The molecule has 2 heteroatoms. The van der Waals surface area contributed by atoms with Gasteiger partial charge >= 0.3 is 0 Å². The zero-order valence-corrected chi connectivity index (χ0v) is 8.47. The molecule has 1 aliphatic carbocycles. The van der Waals surface area contributed by atoms with Gasteiger partial charge in [0.05, 0.1) is 6.54 Å². The van der Waals surface area contributed by atoms with Crippen LogP contribution >= 0.6 is 0 Å². The van der Waals surface area contributed by atoms with Crippen LogP contribution in [-0.4, -0.2) is 19.1 Å². The van der Waals surface area contributed by atoms with Gasteiger partial charge in [-0.1, -0.05) is 36.9 Å². The van der Waals surface area contributed by atoms with Crippen molar-refractivity contribution in [2.75, 3.05) is 13.1 Å². The second kappa shape index (κ2) is 6.91. The summed E-state index contributed by atoms with van der Waals surface area (Å²) in [5, 5.41) is 3.52. The fourth-order valence-electron chi connectivity index (χ4n) is 1.99. The molecule has 0 heterocycles. The van der Waals surface area contributed by atoms with Crippen LogP contribution in [0, 0.1) is 6.57 Å². The van der Waals surface area contributed by atoms with Crippen LogP contribution in [0.25, 0.3) is 4.85 Å². The lowest BCUT2D eigenvalue weighted by Crippen LogP contribution is -2.31. The predicted octanol–water partition coefficient (Wildman–Crippen LogP) is 2.65. The van der Waals surface area contributed by atoms with Crippen LogP contribution in [-0.2, 0) is 0 Å². The van der Waals surface area contributed by atoms with E-state index < -0.39 is 0 Å². The van der Waals surface area contributed by atoms with E-state index in [9.17, 15) is 0 Å². The molecular weight excluding hydrogens is 160 g/mol. The minimum Gasteiger partial charge on any atom is -0.307 e. The number of nitrogens with one attached hydrogen (secondary N) is 1. The molecule has 0 saturated heterocycles. The molecule has 1 fully saturated rings. The fourth-order valence-corrected chi connectivity index (χ4v) is 1.99. The van der Waals surface area contributed by atoms with Crippen molar-refractivity contribution >= 4 is 0 Å². The van der Waals surface area contributed by atoms with Crippen molar-refractivity contribution < 1.29 is 0 Å². The predicted molar refractivity (Wildman–Crippen MR) is 57.3 cm³/mol. The highest BCUT2D eigenvalue weighted by Crippen LogP contribution is 2.16. The van der Waals surface area contributed by atoms with Crippen molar-refractivity contribution in [1.82, 2.24) is 5.32 Å². The first-order valence-electron chi connectivity index (χ1n) is 5.53. The summed E-state index contributed by atoms with van der Waals surface area (Å²) in [6, 6.07) is 0.724. The van der Waals surface area contributed by atoms with Gasteiger partial charge < -0.3 is 5.32 Å². The summed E-state index contributed by atoms with van der Waals surface area (Å²) < 4.78 is 0. The van der Waals surface area contributed by atoms with Gasteiger partial charge in [-0.2, -0.15) is 0 Å². The normalized spacial score (nSPS) is 20.2. The highest BCUT2D eigenvalue weighted by Gasteiger charge is 2.10. The van der Waals surface area contributed by atoms with Crippen LogP contribution < -0.4 is 5.32 Å². The van der Waals surface area contributed by atoms with Crippen LogP contribution in [0.4, 0.5) is 0 Å². The summed E-state index contributed by atoms with van der Waals surface area (Å²) in [7, 11) is 0. The Balaban J connectivity index is 2.11. The monoisotopic (exact) mass is 181 g/mol. The second-order valence-corrected chi connectivity index (χ2v) is 3.90. The van der Waals surface area contributed by atoms with Gasteiger partial charge in [0.15, 0.2) is 0 Å². The average Bonchev–Trinajstić information content (AvgIpc) is 2.08. The van der Waals surface area contributed by atoms with E-state index in [4.69, 9.17) is 6.57 Å². The van der Waals surface area contributed by atoms with Gasteiger partial charge in [0, 0.05) is 6.04 Å². The van der Waals surface area contributed by atoms with Gasteiger partial charge in [0.25, 0.3) is 13.1 Å². The van der Waals surface area contributed by atoms with Crippen molar-refractivity contribution in [3.05, 3.63) is 4.85 Å². The molecule has 1 aliphatic rings. The maximum Gasteiger partial charge on any atom is 0.275 e. The summed E-state index contributed by atoms with van der Waals surface area (Å²) in [5.74, 6) is 0. The van der Waals surface area contributed by atoms with Crippen molar-refractivity contribution in [1.29, 1.82) is 0 Å². The maximum absolute atomic E-state index is 5.08. The van der Waals surface area contributed by atoms with Gasteiger partial charge in [-0.25, -0.2) is 0 Å². The Labute approximate surface area is 81.5 Å². The summed E-state index contributed by atoms with van der Waals surface area (Å²) >= 11 is 0. The molecule has 1 saturated carbocycles. The van der Waals surface area contributed by atoms with E-state index in [-0.39, 0.29) is 0 Å². The smallest absolute Gasteiger partial charge is 0.275 e. The van der Waals surface area contributed by atoms with Gasteiger partial charge in [-0.15, -0.1) is 0 Å². The first kappa shape index (κ1) is 10.5. The van der Waals surface area contributed by atoms with E-state index in [1.54, 1.807) is 0 Å². The number of nitrogens with zero attached hydrogens (tertiary/aromatic N) is 1. The molecule has 1 N–H and O–H groups in total. The molecule has 0 spiro atoms. The Morgan fingerprint density at radius 1 is 1.08 bits per heavy atom. The van der Waals surface area contributed by atoms with E-state index in [1.165, 1.54) is 44.9 Å². The molecule has 0 amide bonds. The van der Waals surface area contributed by atoms with E-state index in [2.05, 4.69) is 10.2 Å². The molecule has 0 aromatic rings. The number of rotatable bonds is 3. The lowest BCUT2D eigenvalue weighted by atomic mass is 9.97. The minimum absolute atomic E-state index is 0.724. The van der Waals surface area contributed by atoms with Crippen LogP contribution in [0.1, 0.15) is 44.9 Å². The largest absolute Gasteiger partial charge is 0.307 e. The van der Waals surface area contributed by atoms with Gasteiger partial charge in [0.2, 0.25) is 0 Å². The van der Waals surface area contributed by atoms with Crippen molar-refractivity contribution in [3.8, 4) is 6.57 Å². The van der Waals surface area contributed by atoms with E-state index in [1.807, 2.05) is 0 Å². The third-order valence-corrected chi connectivity index (χ3v) is 2.78. The molecule has 1 rings (SSSR count). The molecule has 0 aliphatic heterocycles. The van der Waals surface area contributed by atoms with Crippen LogP contribution in [0.5, 0.6) is 0 Å².